The third-order valence-corrected chi connectivity index (χ3v) is 3.71. The Bertz CT molecular complexity index is 580. The summed E-state index contributed by atoms with van der Waals surface area (Å²) in [5.41, 5.74) is -0.807. The van der Waals surface area contributed by atoms with Crippen molar-refractivity contribution in [2.75, 3.05) is 17.2 Å². The second-order valence-electron chi connectivity index (χ2n) is 4.60. The van der Waals surface area contributed by atoms with Gasteiger partial charge in [-0.25, -0.2) is 0 Å². The number of nitrogens with zero attached hydrogens (tertiary/aromatic N) is 2. The molecule has 1 atom stereocenters. The number of anilines is 1. The van der Waals surface area contributed by atoms with Gasteiger partial charge < -0.3 is 4.90 Å². The molecule has 7 heteroatoms. The molecule has 3 nitrogen and oxygen atoms in total. The highest BCUT2D eigenvalue weighted by molar-refractivity contribution is 7.80. The van der Waals surface area contributed by atoms with Crippen LogP contribution in [0, 0.1) is 17.2 Å². The van der Waals surface area contributed by atoms with Gasteiger partial charge >= 0.3 is 6.18 Å². The summed E-state index contributed by atoms with van der Waals surface area (Å²) in [5, 5.41) is 9.01. The lowest BCUT2D eigenvalue weighted by Gasteiger charge is -2.19. The number of hydrogen-bond acceptors (Lipinski definition) is 3. The molecular formula is C13H11F3N2OS. The summed E-state index contributed by atoms with van der Waals surface area (Å²) in [6.45, 7) is 0.377. The van der Waals surface area contributed by atoms with E-state index in [0.29, 0.717) is 18.7 Å². The van der Waals surface area contributed by atoms with Crippen molar-refractivity contribution >= 4 is 24.2 Å². The second kappa shape index (κ2) is 5.37. The number of rotatable bonds is 2. The highest BCUT2D eigenvalue weighted by atomic mass is 32.1. The molecule has 1 amide bonds. The topological polar surface area (TPSA) is 44.1 Å². The molecule has 1 fully saturated rings. The number of amides is 1. The first kappa shape index (κ1) is 14.7. The number of carbonyl (C=O) groups is 1. The second-order valence-corrected chi connectivity index (χ2v) is 4.96. The van der Waals surface area contributed by atoms with Crippen LogP contribution in [0.4, 0.5) is 18.9 Å². The van der Waals surface area contributed by atoms with E-state index in [1.807, 2.05) is 0 Å². The molecule has 0 saturated carbocycles. The first-order valence-electron chi connectivity index (χ1n) is 5.89. The molecule has 1 aromatic carbocycles. The van der Waals surface area contributed by atoms with Crippen molar-refractivity contribution in [1.82, 2.24) is 0 Å². The van der Waals surface area contributed by atoms with Crippen LogP contribution in [0.15, 0.2) is 18.2 Å². The van der Waals surface area contributed by atoms with Crippen LogP contribution >= 0.6 is 12.6 Å². The monoisotopic (exact) mass is 300 g/mol. The van der Waals surface area contributed by atoms with Crippen molar-refractivity contribution in [3.05, 3.63) is 29.3 Å². The van der Waals surface area contributed by atoms with Crippen LogP contribution in [0.2, 0.25) is 0 Å². The minimum absolute atomic E-state index is 0.0552. The van der Waals surface area contributed by atoms with Crippen LogP contribution < -0.4 is 4.90 Å². The van der Waals surface area contributed by atoms with Crippen molar-refractivity contribution in [2.24, 2.45) is 5.92 Å². The minimum atomic E-state index is -4.51. The average molecular weight is 300 g/mol. The number of thiol groups is 1. The normalized spacial score (nSPS) is 19.2. The molecule has 1 saturated heterocycles. The van der Waals surface area contributed by atoms with Gasteiger partial charge in [-0.3, -0.25) is 4.79 Å². The van der Waals surface area contributed by atoms with Gasteiger partial charge in [0.1, 0.15) is 6.07 Å². The van der Waals surface area contributed by atoms with Crippen molar-refractivity contribution in [3.8, 4) is 6.07 Å². The molecule has 0 bridgehead atoms. The van der Waals surface area contributed by atoms with Gasteiger partial charge in [0.05, 0.1) is 16.8 Å². The number of hydrogen-bond donors (Lipinski definition) is 1. The van der Waals surface area contributed by atoms with Gasteiger partial charge in [0.2, 0.25) is 5.91 Å². The van der Waals surface area contributed by atoms with Crippen LogP contribution in [-0.4, -0.2) is 18.2 Å². The molecule has 0 spiro atoms. The fraction of sp³-hybridized carbons (Fsp3) is 0.385. The van der Waals surface area contributed by atoms with Gasteiger partial charge in [-0.2, -0.15) is 31.1 Å². The smallest absolute Gasteiger partial charge is 0.311 e. The van der Waals surface area contributed by atoms with Crippen LogP contribution in [0.1, 0.15) is 17.5 Å². The Hall–Kier alpha value is -1.68. The largest absolute Gasteiger partial charge is 0.416 e. The predicted octanol–water partition coefficient (Wildman–Crippen LogP) is 2.86. The van der Waals surface area contributed by atoms with Gasteiger partial charge in [0.15, 0.2) is 0 Å². The molecule has 20 heavy (non-hydrogen) atoms. The summed E-state index contributed by atoms with van der Waals surface area (Å²) >= 11 is 4.12. The van der Waals surface area contributed by atoms with E-state index in [1.165, 1.54) is 11.0 Å². The van der Waals surface area contributed by atoms with E-state index in [-0.39, 0.29) is 23.1 Å². The zero-order valence-electron chi connectivity index (χ0n) is 10.3. The van der Waals surface area contributed by atoms with E-state index in [1.54, 1.807) is 6.07 Å². The zero-order valence-corrected chi connectivity index (χ0v) is 11.2. The van der Waals surface area contributed by atoms with E-state index in [2.05, 4.69) is 12.6 Å². The lowest BCUT2D eigenvalue weighted by atomic mass is 10.1. The first-order chi connectivity index (χ1) is 9.36. The zero-order chi connectivity index (χ0) is 14.9. The summed E-state index contributed by atoms with van der Waals surface area (Å²) in [4.78, 5) is 13.2. The van der Waals surface area contributed by atoms with E-state index >= 15 is 0 Å². The van der Waals surface area contributed by atoms with Crippen molar-refractivity contribution in [2.45, 2.75) is 12.6 Å². The van der Waals surface area contributed by atoms with Crippen LogP contribution in [-0.2, 0) is 11.0 Å². The molecule has 1 heterocycles. The Morgan fingerprint density at radius 3 is 2.65 bits per heavy atom. The fourth-order valence-electron chi connectivity index (χ4n) is 2.17. The van der Waals surface area contributed by atoms with E-state index in [9.17, 15) is 18.0 Å². The summed E-state index contributed by atoms with van der Waals surface area (Å²) < 4.78 is 37.8. The Morgan fingerprint density at radius 1 is 1.45 bits per heavy atom. The standard InChI is InChI=1S/C13H11F3N2OS/c14-13(15,16)10-1-2-11(9(4-10)5-17)18-6-8(7-20)3-12(18)19/h1-2,4,8,20H,3,6-7H2. The average Bonchev–Trinajstić information content (AvgIpc) is 2.78. The Balaban J connectivity index is 2.39. The third kappa shape index (κ3) is 2.75. The Morgan fingerprint density at radius 2 is 2.15 bits per heavy atom. The van der Waals surface area contributed by atoms with Crippen LogP contribution in [0.25, 0.3) is 0 Å². The molecule has 1 aromatic rings. The third-order valence-electron chi connectivity index (χ3n) is 3.20. The van der Waals surface area contributed by atoms with Gasteiger partial charge in [-0.15, -0.1) is 0 Å². The molecule has 0 radical (unpaired) electrons. The summed E-state index contributed by atoms with van der Waals surface area (Å²) in [7, 11) is 0. The van der Waals surface area contributed by atoms with Gasteiger partial charge in [-0.05, 0) is 29.9 Å². The SMILES string of the molecule is N#Cc1cc(C(F)(F)F)ccc1N1CC(CS)CC1=O. The van der Waals surface area contributed by atoms with E-state index in [4.69, 9.17) is 5.26 Å². The number of alkyl halides is 3. The van der Waals surface area contributed by atoms with E-state index < -0.39 is 11.7 Å². The highest BCUT2D eigenvalue weighted by Crippen LogP contribution is 2.34. The predicted molar refractivity (Wildman–Crippen MR) is 70.5 cm³/mol. The van der Waals surface area contributed by atoms with Crippen molar-refractivity contribution in [1.29, 1.82) is 5.26 Å². The lowest BCUT2D eigenvalue weighted by Crippen LogP contribution is -2.25. The lowest BCUT2D eigenvalue weighted by molar-refractivity contribution is -0.137. The van der Waals surface area contributed by atoms with Gasteiger partial charge in [0.25, 0.3) is 0 Å². The number of nitriles is 1. The highest BCUT2D eigenvalue weighted by Gasteiger charge is 2.34. The quantitative estimate of drug-likeness (QED) is 0.854. The van der Waals surface area contributed by atoms with Gasteiger partial charge in [-0.1, -0.05) is 0 Å². The molecule has 0 aliphatic carbocycles. The maximum Gasteiger partial charge on any atom is 0.416 e. The summed E-state index contributed by atoms with van der Waals surface area (Å²) in [5.74, 6) is 0.380. The molecule has 106 valence electrons. The molecule has 2 rings (SSSR count). The first-order valence-corrected chi connectivity index (χ1v) is 6.52. The maximum absolute atomic E-state index is 12.6. The molecule has 1 aliphatic rings. The number of benzene rings is 1. The Kier molecular flexibility index (Phi) is 3.95. The van der Waals surface area contributed by atoms with Crippen molar-refractivity contribution < 1.29 is 18.0 Å². The van der Waals surface area contributed by atoms with Crippen LogP contribution in [0.3, 0.4) is 0 Å². The van der Waals surface area contributed by atoms with Crippen LogP contribution in [0.5, 0.6) is 0 Å². The summed E-state index contributed by atoms with van der Waals surface area (Å²) in [6.07, 6.45) is -4.21. The molecule has 0 aromatic heterocycles. The maximum atomic E-state index is 12.6. The van der Waals surface area contributed by atoms with Gasteiger partial charge in [0, 0.05) is 13.0 Å². The molecule has 1 unspecified atom stereocenters. The molecular weight excluding hydrogens is 289 g/mol. The Labute approximate surface area is 119 Å². The number of halogens is 3. The van der Waals surface area contributed by atoms with Crippen molar-refractivity contribution in [3.63, 3.8) is 0 Å². The summed E-state index contributed by atoms with van der Waals surface area (Å²) in [6, 6.07) is 4.57. The molecule has 1 aliphatic heterocycles. The minimum Gasteiger partial charge on any atom is -0.311 e. The van der Waals surface area contributed by atoms with E-state index in [0.717, 1.165) is 12.1 Å². The molecule has 0 N–H and O–H groups in total. The fourth-order valence-corrected chi connectivity index (χ4v) is 2.42. The number of carbonyl (C=O) groups excluding carboxylic acids is 1.